The van der Waals surface area contributed by atoms with Gasteiger partial charge >= 0.3 is 0 Å². The molecule has 0 unspecified atom stereocenters. The molecule has 0 aliphatic heterocycles. The highest BCUT2D eigenvalue weighted by Gasteiger charge is 2.18. The predicted molar refractivity (Wildman–Crippen MR) is 98.7 cm³/mol. The van der Waals surface area contributed by atoms with E-state index >= 15 is 0 Å². The largest absolute Gasteiger partial charge is 0.368 e. The molecule has 2 rings (SSSR count). The van der Waals surface area contributed by atoms with Crippen LogP contribution >= 0.6 is 0 Å². The van der Waals surface area contributed by atoms with Crippen LogP contribution in [0, 0.1) is 6.92 Å². The zero-order valence-corrected chi connectivity index (χ0v) is 14.3. The summed E-state index contributed by atoms with van der Waals surface area (Å²) >= 11 is 0. The third-order valence-electron chi connectivity index (χ3n) is 3.55. The standard InChI is InChI=1S/C19H22N4O/c1-5-7-14(8-6-2)12-23(4)18(24)17-15-11-13(3)9-10-16(15)21-19(20)22-17/h5-11H,1,12H2,2-4H3,(H2,20,21,22)/b8-6-,14-7+. The number of nitrogens with two attached hydrogens (primary N) is 1. The molecule has 1 heterocycles. The summed E-state index contributed by atoms with van der Waals surface area (Å²) in [5.41, 5.74) is 8.77. The van der Waals surface area contributed by atoms with E-state index in [2.05, 4.69) is 16.5 Å². The molecular weight excluding hydrogens is 300 g/mol. The molecule has 0 fully saturated rings. The maximum Gasteiger partial charge on any atom is 0.273 e. The molecule has 1 amide bonds. The van der Waals surface area contributed by atoms with E-state index in [-0.39, 0.29) is 11.9 Å². The lowest BCUT2D eigenvalue weighted by molar-refractivity contribution is 0.0804. The number of likely N-dealkylation sites (N-methyl/N-ethyl adjacent to an activating group) is 1. The Hall–Kier alpha value is -2.95. The lowest BCUT2D eigenvalue weighted by atomic mass is 10.1. The van der Waals surface area contributed by atoms with Gasteiger partial charge in [-0.15, -0.1) is 0 Å². The van der Waals surface area contributed by atoms with E-state index in [9.17, 15) is 4.79 Å². The lowest BCUT2D eigenvalue weighted by Gasteiger charge is -2.18. The van der Waals surface area contributed by atoms with Crippen LogP contribution in [0.4, 0.5) is 5.95 Å². The second-order valence-electron chi connectivity index (χ2n) is 5.59. The fraction of sp³-hybridized carbons (Fsp3) is 0.211. The van der Waals surface area contributed by atoms with E-state index in [1.807, 2.05) is 50.3 Å². The summed E-state index contributed by atoms with van der Waals surface area (Å²) in [6, 6.07) is 5.69. The van der Waals surface area contributed by atoms with Gasteiger partial charge in [-0.1, -0.05) is 42.5 Å². The maximum absolute atomic E-state index is 12.9. The van der Waals surface area contributed by atoms with Crippen molar-refractivity contribution < 1.29 is 4.79 Å². The number of anilines is 1. The Labute approximate surface area is 142 Å². The van der Waals surface area contributed by atoms with Crippen LogP contribution in [0.25, 0.3) is 10.9 Å². The Bertz CT molecular complexity index is 837. The van der Waals surface area contributed by atoms with Crippen molar-refractivity contribution >= 4 is 22.8 Å². The topological polar surface area (TPSA) is 72.1 Å². The molecule has 5 nitrogen and oxygen atoms in total. The fourth-order valence-electron chi connectivity index (χ4n) is 2.48. The number of carbonyl (C=O) groups excluding carboxylic acids is 1. The average molecular weight is 322 g/mol. The van der Waals surface area contributed by atoms with E-state index in [4.69, 9.17) is 5.73 Å². The normalized spacial score (nSPS) is 11.9. The molecule has 24 heavy (non-hydrogen) atoms. The number of carbonyl (C=O) groups is 1. The number of aromatic nitrogens is 2. The van der Waals surface area contributed by atoms with Gasteiger partial charge in [-0.05, 0) is 31.6 Å². The van der Waals surface area contributed by atoms with Gasteiger partial charge < -0.3 is 10.6 Å². The summed E-state index contributed by atoms with van der Waals surface area (Å²) < 4.78 is 0. The number of hydrogen-bond acceptors (Lipinski definition) is 4. The first-order valence-corrected chi connectivity index (χ1v) is 7.70. The van der Waals surface area contributed by atoms with Crippen molar-refractivity contribution in [2.45, 2.75) is 13.8 Å². The minimum Gasteiger partial charge on any atom is -0.368 e. The summed E-state index contributed by atoms with van der Waals surface area (Å²) in [5, 5.41) is 0.710. The minimum absolute atomic E-state index is 0.0958. The van der Waals surface area contributed by atoms with Crippen molar-refractivity contribution in [3.05, 3.63) is 65.9 Å². The number of hydrogen-bond donors (Lipinski definition) is 1. The summed E-state index contributed by atoms with van der Waals surface area (Å²) in [6.45, 7) is 8.05. The van der Waals surface area contributed by atoms with E-state index < -0.39 is 0 Å². The lowest BCUT2D eigenvalue weighted by Crippen LogP contribution is -2.29. The summed E-state index contributed by atoms with van der Waals surface area (Å²) in [6.07, 6.45) is 7.45. The molecule has 0 spiro atoms. The molecular formula is C19H22N4O. The molecule has 0 radical (unpaired) electrons. The number of nitrogen functional groups attached to an aromatic ring is 1. The van der Waals surface area contributed by atoms with Crippen molar-refractivity contribution in [1.29, 1.82) is 0 Å². The quantitative estimate of drug-likeness (QED) is 0.858. The van der Waals surface area contributed by atoms with Crippen LogP contribution in [0.2, 0.25) is 0 Å². The van der Waals surface area contributed by atoms with Gasteiger partial charge in [0.1, 0.15) is 5.69 Å². The van der Waals surface area contributed by atoms with Crippen LogP contribution in [0.5, 0.6) is 0 Å². The third kappa shape index (κ3) is 3.87. The number of fused-ring (bicyclic) bond motifs is 1. The fourth-order valence-corrected chi connectivity index (χ4v) is 2.48. The summed E-state index contributed by atoms with van der Waals surface area (Å²) in [7, 11) is 1.74. The zero-order valence-electron chi connectivity index (χ0n) is 14.3. The van der Waals surface area contributed by atoms with E-state index in [1.165, 1.54) is 0 Å². The van der Waals surface area contributed by atoms with Gasteiger partial charge in [-0.2, -0.15) is 0 Å². The van der Waals surface area contributed by atoms with Crippen molar-refractivity contribution in [3.8, 4) is 0 Å². The number of amides is 1. The van der Waals surface area contributed by atoms with E-state index in [0.717, 1.165) is 11.1 Å². The highest BCUT2D eigenvalue weighted by atomic mass is 16.2. The monoisotopic (exact) mass is 322 g/mol. The van der Waals surface area contributed by atoms with Gasteiger partial charge in [-0.25, -0.2) is 9.97 Å². The zero-order chi connectivity index (χ0) is 17.7. The number of nitrogens with zero attached hydrogens (tertiary/aromatic N) is 3. The van der Waals surface area contributed by atoms with Crippen LogP contribution < -0.4 is 5.73 Å². The molecule has 2 N–H and O–H groups in total. The predicted octanol–water partition coefficient (Wildman–Crippen LogP) is 3.28. The molecule has 2 aromatic rings. The first-order chi connectivity index (χ1) is 11.5. The minimum atomic E-state index is -0.195. The van der Waals surface area contributed by atoms with Crippen LogP contribution in [0.15, 0.2) is 54.7 Å². The number of aryl methyl sites for hydroxylation is 1. The Morgan fingerprint density at radius 1 is 1.38 bits per heavy atom. The van der Waals surface area contributed by atoms with Crippen LogP contribution in [-0.4, -0.2) is 34.4 Å². The molecule has 0 bridgehead atoms. The highest BCUT2D eigenvalue weighted by molar-refractivity contribution is 6.04. The Morgan fingerprint density at radius 3 is 2.79 bits per heavy atom. The highest BCUT2D eigenvalue weighted by Crippen LogP contribution is 2.20. The van der Waals surface area contributed by atoms with Gasteiger partial charge in [0.05, 0.1) is 5.52 Å². The molecule has 0 saturated carbocycles. The van der Waals surface area contributed by atoms with Crippen molar-refractivity contribution in [1.82, 2.24) is 14.9 Å². The average Bonchev–Trinajstić information content (AvgIpc) is 2.54. The molecule has 1 aromatic carbocycles. The Kier molecular flexibility index (Phi) is 5.47. The summed E-state index contributed by atoms with van der Waals surface area (Å²) in [5.74, 6) is -0.0995. The molecule has 1 aromatic heterocycles. The van der Waals surface area contributed by atoms with Gasteiger partial charge in [0.25, 0.3) is 5.91 Å². The van der Waals surface area contributed by atoms with Crippen LogP contribution in [0.3, 0.4) is 0 Å². The first-order valence-electron chi connectivity index (χ1n) is 7.70. The Balaban J connectivity index is 2.41. The van der Waals surface area contributed by atoms with Crippen molar-refractivity contribution in [3.63, 3.8) is 0 Å². The van der Waals surface area contributed by atoms with E-state index in [1.54, 1.807) is 18.0 Å². The van der Waals surface area contributed by atoms with Crippen molar-refractivity contribution in [2.75, 3.05) is 19.3 Å². The molecule has 0 saturated heterocycles. The van der Waals surface area contributed by atoms with Crippen molar-refractivity contribution in [2.24, 2.45) is 0 Å². The maximum atomic E-state index is 12.9. The second-order valence-corrected chi connectivity index (χ2v) is 5.59. The van der Waals surface area contributed by atoms with Gasteiger partial charge in [0, 0.05) is 19.0 Å². The molecule has 5 heteroatoms. The van der Waals surface area contributed by atoms with Crippen LogP contribution in [-0.2, 0) is 0 Å². The van der Waals surface area contributed by atoms with Gasteiger partial charge in [-0.3, -0.25) is 4.79 Å². The van der Waals surface area contributed by atoms with Crippen LogP contribution in [0.1, 0.15) is 23.0 Å². The number of benzene rings is 1. The molecule has 0 aliphatic rings. The molecule has 0 aliphatic carbocycles. The number of allylic oxidation sites excluding steroid dienone is 3. The third-order valence-corrected chi connectivity index (χ3v) is 3.55. The molecule has 0 atom stereocenters. The SMILES string of the molecule is C=C/C=C(\C=C/C)CN(C)C(=O)c1nc(N)nc2ccc(C)cc12. The molecule has 124 valence electrons. The van der Waals surface area contributed by atoms with E-state index in [0.29, 0.717) is 23.1 Å². The first kappa shape index (κ1) is 17.4. The second kappa shape index (κ2) is 7.55. The summed E-state index contributed by atoms with van der Waals surface area (Å²) in [4.78, 5) is 22.9. The smallest absolute Gasteiger partial charge is 0.273 e. The Morgan fingerprint density at radius 2 is 2.12 bits per heavy atom. The number of rotatable bonds is 5. The van der Waals surface area contributed by atoms with Gasteiger partial charge in [0.2, 0.25) is 5.95 Å². The van der Waals surface area contributed by atoms with Gasteiger partial charge in [0.15, 0.2) is 0 Å².